The number of fused-ring (bicyclic) bond motifs is 1. The number of nitrogens with one attached hydrogen (secondary N) is 1. The normalized spacial score (nSPS) is 11.4. The number of esters is 1. The molecule has 0 fully saturated rings. The van der Waals surface area contributed by atoms with Gasteiger partial charge in [0.25, 0.3) is 0 Å². The summed E-state index contributed by atoms with van der Waals surface area (Å²) >= 11 is 0.942. The number of azo groups is 1. The van der Waals surface area contributed by atoms with Crippen molar-refractivity contribution in [3.8, 4) is 5.82 Å². The Balaban J connectivity index is 0.00000306. The molecule has 0 saturated carbocycles. The Hall–Kier alpha value is -3.01. The van der Waals surface area contributed by atoms with Crippen LogP contribution in [-0.4, -0.2) is 38.7 Å². The molecule has 162 valence electrons. The first-order valence-corrected chi connectivity index (χ1v) is 10.9. The minimum atomic E-state index is -4.63. The maximum Gasteiger partial charge on any atom is 1.00 e. The van der Waals surface area contributed by atoms with Crippen LogP contribution in [0.25, 0.3) is 16.0 Å². The van der Waals surface area contributed by atoms with Crippen LogP contribution in [0.3, 0.4) is 0 Å². The first-order valence-electron chi connectivity index (χ1n) is 8.64. The summed E-state index contributed by atoms with van der Waals surface area (Å²) in [7, 11) is -4.63. The van der Waals surface area contributed by atoms with Gasteiger partial charge in [-0.05, 0) is 30.3 Å². The second-order valence-electron chi connectivity index (χ2n) is 6.02. The zero-order valence-electron chi connectivity index (χ0n) is 16.8. The van der Waals surface area contributed by atoms with E-state index in [0.29, 0.717) is 10.2 Å². The van der Waals surface area contributed by atoms with Gasteiger partial charge in [0.1, 0.15) is 10.1 Å². The van der Waals surface area contributed by atoms with E-state index in [1.165, 1.54) is 24.4 Å². The smallest absolute Gasteiger partial charge is 0.744 e. The molecule has 12 nitrogen and oxygen atoms in total. The zero-order chi connectivity index (χ0) is 22.9. The third kappa shape index (κ3) is 5.16. The maximum atomic E-state index is 12.8. The van der Waals surface area contributed by atoms with Crippen molar-refractivity contribution in [2.24, 2.45) is 10.2 Å². The number of rotatable bonds is 6. The third-order valence-electron chi connectivity index (χ3n) is 4.01. The molecule has 1 aromatic carbocycles. The fraction of sp³-hybridized carbons (Fsp3) is 0. The average Bonchev–Trinajstić information content (AvgIpc) is 3.32. The van der Waals surface area contributed by atoms with E-state index < -0.39 is 26.5 Å². The molecule has 3 heterocycles. The number of pyridine rings is 1. The van der Waals surface area contributed by atoms with E-state index in [-0.39, 0.29) is 51.9 Å². The predicted molar refractivity (Wildman–Crippen MR) is 112 cm³/mol. The van der Waals surface area contributed by atoms with E-state index in [2.05, 4.69) is 31.9 Å². The molecule has 1 N–H and O–H groups in total. The van der Waals surface area contributed by atoms with Crippen LogP contribution >= 0.6 is 11.3 Å². The van der Waals surface area contributed by atoms with Gasteiger partial charge in [-0.2, -0.15) is 4.68 Å². The predicted octanol–water partition coefficient (Wildman–Crippen LogP) is -0.206. The molecule has 0 atom stereocenters. The van der Waals surface area contributed by atoms with Gasteiger partial charge in [0.05, 0.1) is 21.4 Å². The Kier molecular flexibility index (Phi) is 7.36. The van der Waals surface area contributed by atoms with Gasteiger partial charge in [-0.15, -0.1) is 10.2 Å². The Morgan fingerprint density at radius 1 is 1.27 bits per heavy atom. The molecule has 0 radical (unpaired) electrons. The van der Waals surface area contributed by atoms with Crippen molar-refractivity contribution < 1.29 is 52.1 Å². The van der Waals surface area contributed by atoms with Crippen LogP contribution in [-0.2, 0) is 14.9 Å². The number of hydrogen-bond acceptors (Lipinski definition) is 11. The fourth-order valence-corrected chi connectivity index (χ4v) is 4.03. The topological polar surface area (TPSA) is 172 Å². The molecule has 0 aliphatic carbocycles. The van der Waals surface area contributed by atoms with Crippen LogP contribution in [0, 0.1) is 0 Å². The number of thiazole rings is 1. The van der Waals surface area contributed by atoms with Gasteiger partial charge >= 0.3 is 41.1 Å². The van der Waals surface area contributed by atoms with Crippen LogP contribution in [0.5, 0.6) is 0 Å². The second kappa shape index (κ2) is 9.86. The summed E-state index contributed by atoms with van der Waals surface area (Å²) in [4.78, 5) is 32.9. The van der Waals surface area contributed by atoms with Crippen LogP contribution in [0.2, 0.25) is 0 Å². The molecular weight excluding hydrogens is 483 g/mol. The minimum absolute atomic E-state index is 0. The third-order valence-corrected chi connectivity index (χ3v) is 5.75. The largest absolute Gasteiger partial charge is 1.00 e. The zero-order valence-corrected chi connectivity index (χ0v) is 20.5. The van der Waals surface area contributed by atoms with E-state index in [1.54, 1.807) is 12.1 Å². The Labute approximate surface area is 211 Å². The molecule has 0 aliphatic rings. The Morgan fingerprint density at radius 2 is 2.06 bits per heavy atom. The maximum absolute atomic E-state index is 12.8. The molecule has 0 unspecified atom stereocenters. The van der Waals surface area contributed by atoms with E-state index in [9.17, 15) is 22.6 Å². The number of hydrogen-bond donors (Lipinski definition) is 1. The molecular formula is C18H11N6NaO6S2. The molecule has 0 aliphatic heterocycles. The summed E-state index contributed by atoms with van der Waals surface area (Å²) in [5.41, 5.74) is -0.985. The molecule has 3 aromatic heterocycles. The Bertz CT molecular complexity index is 1540. The van der Waals surface area contributed by atoms with Gasteiger partial charge in [0.2, 0.25) is 5.13 Å². The van der Waals surface area contributed by atoms with Crippen molar-refractivity contribution in [1.29, 1.82) is 0 Å². The van der Waals surface area contributed by atoms with Crippen molar-refractivity contribution in [2.45, 2.75) is 4.90 Å². The van der Waals surface area contributed by atoms with Crippen molar-refractivity contribution in [2.75, 3.05) is 0 Å². The molecule has 15 heteroatoms. The number of aromatic nitrogens is 4. The fourth-order valence-electron chi connectivity index (χ4n) is 2.63. The van der Waals surface area contributed by atoms with Crippen molar-refractivity contribution in [3.05, 3.63) is 71.5 Å². The van der Waals surface area contributed by atoms with Crippen molar-refractivity contribution in [1.82, 2.24) is 19.7 Å². The van der Waals surface area contributed by atoms with Crippen LogP contribution < -0.4 is 35.1 Å². The summed E-state index contributed by atoms with van der Waals surface area (Å²) in [5.74, 6) is -0.715. The molecule has 4 aromatic rings. The average molecular weight is 494 g/mol. The summed E-state index contributed by atoms with van der Waals surface area (Å²) in [6.45, 7) is 3.30. The number of carbonyl (C=O) groups excluding carboxylic acids is 1. The summed E-state index contributed by atoms with van der Waals surface area (Å²) < 4.78 is 39.7. The molecule has 0 bridgehead atoms. The number of ether oxygens (including phenoxy) is 1. The quantitative estimate of drug-likeness (QED) is 0.126. The number of carbonyl (C=O) groups is 1. The summed E-state index contributed by atoms with van der Waals surface area (Å²) in [6, 6.07) is 8.50. The molecule has 4 rings (SSSR count). The van der Waals surface area contributed by atoms with Gasteiger partial charge in [-0.1, -0.05) is 24.0 Å². The van der Waals surface area contributed by atoms with E-state index in [1.807, 2.05) is 0 Å². The summed E-state index contributed by atoms with van der Waals surface area (Å²) in [6.07, 6.45) is 2.36. The molecule has 0 amide bonds. The van der Waals surface area contributed by atoms with Crippen LogP contribution in [0.4, 0.5) is 10.8 Å². The Morgan fingerprint density at radius 3 is 2.73 bits per heavy atom. The van der Waals surface area contributed by atoms with Gasteiger partial charge < -0.3 is 9.29 Å². The van der Waals surface area contributed by atoms with Gasteiger partial charge in [0, 0.05) is 6.20 Å². The van der Waals surface area contributed by atoms with Crippen molar-refractivity contribution in [3.63, 3.8) is 0 Å². The number of H-pyrrole nitrogens is 1. The minimum Gasteiger partial charge on any atom is -0.744 e. The van der Waals surface area contributed by atoms with Gasteiger partial charge in [-0.25, -0.2) is 23.2 Å². The van der Waals surface area contributed by atoms with E-state index >= 15 is 0 Å². The van der Waals surface area contributed by atoms with Crippen LogP contribution in [0.15, 0.2) is 75.4 Å². The first kappa shape index (κ1) is 24.6. The van der Waals surface area contributed by atoms with Gasteiger partial charge in [0.15, 0.2) is 17.2 Å². The van der Waals surface area contributed by atoms with E-state index in [4.69, 9.17) is 4.74 Å². The monoisotopic (exact) mass is 494 g/mol. The molecule has 33 heavy (non-hydrogen) atoms. The number of benzene rings is 1. The number of nitrogens with zero attached hydrogens (tertiary/aromatic N) is 5. The van der Waals surface area contributed by atoms with Crippen LogP contribution in [0.1, 0.15) is 10.5 Å². The van der Waals surface area contributed by atoms with E-state index in [0.717, 1.165) is 28.3 Å². The SMILES string of the molecule is C=COC(=O)c1[nH]n(-c2ccccn2)c(=O)c1N=Nc1nc2ccc(S(=O)(=O)[O-])cc2s1.[Na+]. The number of aromatic amines is 1. The molecule has 0 saturated heterocycles. The van der Waals surface area contributed by atoms with Gasteiger partial charge in [-0.3, -0.25) is 9.89 Å². The first-order chi connectivity index (χ1) is 15.3. The molecule has 0 spiro atoms. The van der Waals surface area contributed by atoms with Crippen molar-refractivity contribution >= 4 is 48.5 Å². The summed E-state index contributed by atoms with van der Waals surface area (Å²) in [5, 5.41) is 10.4. The second-order valence-corrected chi connectivity index (χ2v) is 8.40. The standard InChI is InChI=1S/C18H12N6O6S2.Na/c1-2-30-17(26)15-14(16(25)24(23-15)13-5-3-4-8-19-13)21-22-18-20-11-7-6-10(32(27,28)29)9-12(11)31-18;/h2-9,23H,1H2,(H,27,28,29);/q;+1/p-1.